The monoisotopic (exact) mass is 396 g/mol. The molecule has 3 heterocycles. The lowest BCUT2D eigenvalue weighted by Gasteiger charge is -2.04. The van der Waals surface area contributed by atoms with Crippen molar-refractivity contribution in [3.63, 3.8) is 0 Å². The molecule has 0 amide bonds. The highest BCUT2D eigenvalue weighted by atomic mass is 32.2. The van der Waals surface area contributed by atoms with Gasteiger partial charge in [-0.1, -0.05) is 17.8 Å². The zero-order valence-corrected chi connectivity index (χ0v) is 16.1. The van der Waals surface area contributed by atoms with Gasteiger partial charge in [0.05, 0.1) is 18.5 Å². The first-order valence-electron chi connectivity index (χ1n) is 8.08. The van der Waals surface area contributed by atoms with Crippen molar-refractivity contribution in [2.75, 3.05) is 13.0 Å². The maximum absolute atomic E-state index is 6.18. The minimum atomic E-state index is 0.604. The number of nitrogens with two attached hydrogens (primary N) is 1. The van der Waals surface area contributed by atoms with Crippen molar-refractivity contribution in [2.24, 2.45) is 0 Å². The van der Waals surface area contributed by atoms with E-state index >= 15 is 0 Å². The Bertz CT molecular complexity index is 1030. The quantitative estimate of drug-likeness (QED) is 0.394. The van der Waals surface area contributed by atoms with E-state index in [-0.39, 0.29) is 0 Å². The first-order valence-corrected chi connectivity index (χ1v) is 9.94. The molecule has 0 unspecified atom stereocenters. The van der Waals surface area contributed by atoms with Gasteiger partial charge >= 0.3 is 0 Å². The van der Waals surface area contributed by atoms with E-state index in [0.29, 0.717) is 16.7 Å². The molecule has 0 saturated carbocycles. The number of nitrogen functional groups attached to an aromatic ring is 1. The first-order chi connectivity index (χ1) is 13.2. The summed E-state index contributed by atoms with van der Waals surface area (Å²) in [6, 6.07) is 13.3. The van der Waals surface area contributed by atoms with E-state index in [1.54, 1.807) is 24.6 Å². The predicted molar refractivity (Wildman–Crippen MR) is 107 cm³/mol. The summed E-state index contributed by atoms with van der Waals surface area (Å²) in [7, 11) is 1.63. The summed E-state index contributed by atoms with van der Waals surface area (Å²) >= 11 is 3.07. The lowest BCUT2D eigenvalue weighted by molar-refractivity contribution is 0.415. The van der Waals surface area contributed by atoms with E-state index in [4.69, 9.17) is 10.6 Å². The van der Waals surface area contributed by atoms with E-state index in [9.17, 15) is 0 Å². The van der Waals surface area contributed by atoms with Gasteiger partial charge in [-0.15, -0.1) is 21.5 Å². The van der Waals surface area contributed by atoms with Crippen molar-refractivity contribution in [3.8, 4) is 27.8 Å². The lowest BCUT2D eigenvalue weighted by Crippen LogP contribution is -2.11. The molecule has 0 fully saturated rings. The third-order valence-corrected chi connectivity index (χ3v) is 5.69. The summed E-state index contributed by atoms with van der Waals surface area (Å²) in [5, 5.41) is 12.0. The summed E-state index contributed by atoms with van der Waals surface area (Å²) in [6.45, 7) is 0. The fraction of sp³-hybridized carbons (Fsp3) is 0.111. The highest BCUT2D eigenvalue weighted by molar-refractivity contribution is 7.98. The van der Waals surface area contributed by atoms with Crippen LogP contribution in [-0.4, -0.2) is 32.0 Å². The van der Waals surface area contributed by atoms with Gasteiger partial charge in [0, 0.05) is 22.9 Å². The molecular formula is C18H16N6OS2. The molecule has 7 nitrogen and oxygen atoms in total. The van der Waals surface area contributed by atoms with Crippen molar-refractivity contribution in [2.45, 2.75) is 10.9 Å². The third kappa shape index (κ3) is 3.79. The van der Waals surface area contributed by atoms with Crippen LogP contribution in [0.3, 0.4) is 0 Å². The van der Waals surface area contributed by atoms with Crippen LogP contribution >= 0.6 is 23.1 Å². The SMILES string of the molecule is COc1ccc(-c2nnc(SCc3csc(-c4ccccn4)n3)n2N)cc1. The van der Waals surface area contributed by atoms with Gasteiger partial charge in [-0.3, -0.25) is 4.98 Å². The van der Waals surface area contributed by atoms with Gasteiger partial charge in [0.25, 0.3) is 0 Å². The number of pyridine rings is 1. The summed E-state index contributed by atoms with van der Waals surface area (Å²) in [4.78, 5) is 8.96. The molecule has 0 bridgehead atoms. The molecule has 3 aromatic heterocycles. The molecule has 0 atom stereocenters. The summed E-state index contributed by atoms with van der Waals surface area (Å²) in [6.07, 6.45) is 1.77. The Balaban J connectivity index is 1.46. The second-order valence-electron chi connectivity index (χ2n) is 5.55. The normalized spacial score (nSPS) is 10.9. The van der Waals surface area contributed by atoms with Crippen LogP contribution in [0.15, 0.2) is 59.2 Å². The number of thiazole rings is 1. The van der Waals surface area contributed by atoms with Crippen molar-refractivity contribution in [3.05, 3.63) is 59.7 Å². The molecule has 27 heavy (non-hydrogen) atoms. The number of thioether (sulfide) groups is 1. The second kappa shape index (κ2) is 7.77. The molecule has 1 aromatic carbocycles. The Hall–Kier alpha value is -2.91. The fourth-order valence-electron chi connectivity index (χ4n) is 2.43. The second-order valence-corrected chi connectivity index (χ2v) is 7.35. The average molecular weight is 397 g/mol. The van der Waals surface area contributed by atoms with Crippen LogP contribution in [0.1, 0.15) is 5.69 Å². The summed E-state index contributed by atoms with van der Waals surface area (Å²) < 4.78 is 6.67. The van der Waals surface area contributed by atoms with Crippen molar-refractivity contribution in [1.82, 2.24) is 24.8 Å². The van der Waals surface area contributed by atoms with Crippen LogP contribution in [0.2, 0.25) is 0 Å². The zero-order chi connectivity index (χ0) is 18.6. The third-order valence-electron chi connectivity index (χ3n) is 3.80. The van der Waals surface area contributed by atoms with E-state index in [2.05, 4.69) is 20.2 Å². The molecule has 0 aliphatic rings. The molecule has 4 rings (SSSR count). The number of ether oxygens (including phenoxy) is 1. The smallest absolute Gasteiger partial charge is 0.210 e. The van der Waals surface area contributed by atoms with Gasteiger partial charge in [0.2, 0.25) is 5.16 Å². The Morgan fingerprint density at radius 3 is 2.74 bits per heavy atom. The maximum atomic E-state index is 6.18. The van der Waals surface area contributed by atoms with E-state index in [1.165, 1.54) is 16.4 Å². The Morgan fingerprint density at radius 1 is 1.15 bits per heavy atom. The van der Waals surface area contributed by atoms with Crippen LogP contribution in [0, 0.1) is 0 Å². The highest BCUT2D eigenvalue weighted by Gasteiger charge is 2.13. The average Bonchev–Trinajstić information content (AvgIpc) is 3.34. The molecule has 0 aliphatic heterocycles. The largest absolute Gasteiger partial charge is 0.497 e. The molecule has 2 N–H and O–H groups in total. The summed E-state index contributed by atoms with van der Waals surface area (Å²) in [5.74, 6) is 8.22. The zero-order valence-electron chi connectivity index (χ0n) is 14.4. The van der Waals surface area contributed by atoms with Crippen molar-refractivity contribution >= 4 is 23.1 Å². The molecule has 9 heteroatoms. The number of nitrogens with zero attached hydrogens (tertiary/aromatic N) is 5. The van der Waals surface area contributed by atoms with Gasteiger partial charge in [0.15, 0.2) is 5.82 Å². The van der Waals surface area contributed by atoms with E-state index < -0.39 is 0 Å². The fourth-order valence-corrected chi connectivity index (χ4v) is 4.08. The van der Waals surface area contributed by atoms with Crippen molar-refractivity contribution < 1.29 is 4.74 Å². The molecule has 0 spiro atoms. The van der Waals surface area contributed by atoms with Gasteiger partial charge < -0.3 is 10.6 Å². The van der Waals surface area contributed by atoms with Crippen LogP contribution < -0.4 is 10.6 Å². The Morgan fingerprint density at radius 2 is 2.00 bits per heavy atom. The standard InChI is InChI=1S/C18H16N6OS2/c1-25-14-7-5-12(6-8-14)16-22-23-18(24(16)19)27-11-13-10-26-17(21-13)15-4-2-3-9-20-15/h2-10H,11,19H2,1H3. The Labute approximate surface area is 164 Å². The molecule has 136 valence electrons. The van der Waals surface area contributed by atoms with Crippen LogP contribution in [0.4, 0.5) is 0 Å². The van der Waals surface area contributed by atoms with Gasteiger partial charge in [0.1, 0.15) is 10.8 Å². The minimum absolute atomic E-state index is 0.604. The van der Waals surface area contributed by atoms with Crippen LogP contribution in [0.5, 0.6) is 5.75 Å². The predicted octanol–water partition coefficient (Wildman–Crippen LogP) is 3.48. The summed E-state index contributed by atoms with van der Waals surface area (Å²) in [5.41, 5.74) is 2.71. The maximum Gasteiger partial charge on any atom is 0.210 e. The highest BCUT2D eigenvalue weighted by Crippen LogP contribution is 2.28. The minimum Gasteiger partial charge on any atom is -0.497 e. The molecule has 4 aromatic rings. The van der Waals surface area contributed by atoms with Gasteiger partial charge in [-0.05, 0) is 36.4 Å². The van der Waals surface area contributed by atoms with Gasteiger partial charge in [-0.25, -0.2) is 9.66 Å². The lowest BCUT2D eigenvalue weighted by atomic mass is 10.2. The molecule has 0 saturated heterocycles. The Kier molecular flexibility index (Phi) is 5.03. The number of methoxy groups -OCH3 is 1. The van der Waals surface area contributed by atoms with Crippen LogP contribution in [0.25, 0.3) is 22.1 Å². The number of hydrogen-bond acceptors (Lipinski definition) is 8. The molecule has 0 radical (unpaired) electrons. The van der Waals surface area contributed by atoms with E-state index in [0.717, 1.165) is 27.7 Å². The van der Waals surface area contributed by atoms with Crippen LogP contribution in [-0.2, 0) is 5.75 Å². The number of benzene rings is 1. The number of rotatable bonds is 6. The number of aromatic nitrogens is 5. The van der Waals surface area contributed by atoms with Crippen molar-refractivity contribution in [1.29, 1.82) is 0 Å². The molecular weight excluding hydrogens is 380 g/mol. The first kappa shape index (κ1) is 17.5. The molecule has 0 aliphatic carbocycles. The number of hydrogen-bond donors (Lipinski definition) is 1. The van der Waals surface area contributed by atoms with Gasteiger partial charge in [-0.2, -0.15) is 0 Å². The van der Waals surface area contributed by atoms with E-state index in [1.807, 2.05) is 47.8 Å². The topological polar surface area (TPSA) is 91.7 Å².